The zero-order chi connectivity index (χ0) is 28.5. The van der Waals surface area contributed by atoms with Crippen LogP contribution in [0.15, 0.2) is 52.7 Å². The van der Waals surface area contributed by atoms with Gasteiger partial charge in [0.1, 0.15) is 11.5 Å². The number of ether oxygens (including phenoxy) is 2. The van der Waals surface area contributed by atoms with Crippen LogP contribution >= 0.6 is 0 Å². The highest BCUT2D eigenvalue weighted by molar-refractivity contribution is 5.48. The maximum Gasteiger partial charge on any atom is 0.122 e. The molecule has 2 aromatic carbocycles. The van der Waals surface area contributed by atoms with Crippen molar-refractivity contribution >= 4 is 11.4 Å². The van der Waals surface area contributed by atoms with E-state index in [-0.39, 0.29) is 0 Å². The summed E-state index contributed by atoms with van der Waals surface area (Å²) in [5.41, 5.74) is 2.88. The van der Waals surface area contributed by atoms with E-state index in [1.807, 2.05) is 36.4 Å². The lowest BCUT2D eigenvalue weighted by Crippen LogP contribution is -2.00. The predicted octanol–water partition coefficient (Wildman–Crippen LogP) is 12.5. The van der Waals surface area contributed by atoms with Gasteiger partial charge in [-0.25, -0.2) is 0 Å². The second-order valence-corrected chi connectivity index (χ2v) is 11.2. The van der Waals surface area contributed by atoms with Gasteiger partial charge in [0.05, 0.1) is 24.6 Å². The minimum atomic E-state index is 0.782. The van der Waals surface area contributed by atoms with Crippen LogP contribution in [-0.4, -0.2) is 13.2 Å². The van der Waals surface area contributed by atoms with Crippen LogP contribution in [0.4, 0.5) is 11.4 Å². The number of hydrogen-bond donors (Lipinski definition) is 0. The molecule has 0 heterocycles. The zero-order valence-corrected chi connectivity index (χ0v) is 26.1. The van der Waals surface area contributed by atoms with Crippen molar-refractivity contribution in [1.29, 1.82) is 0 Å². The van der Waals surface area contributed by atoms with Gasteiger partial charge in [-0.1, -0.05) is 124 Å². The standard InChI is InChI=1S/C36H58N2O2/c1-4-7-9-11-13-15-17-19-21-29-39-35-26-23-33(24-27-35)37-38-34-25-28-36(32(6-3)31-34)40-30-22-20-18-16-14-12-10-8-5-2/h23-28,31H,4-22,29-30H2,1-3H3. The topological polar surface area (TPSA) is 43.2 Å². The number of hydrogen-bond acceptors (Lipinski definition) is 4. The number of benzene rings is 2. The van der Waals surface area contributed by atoms with E-state index in [1.165, 1.54) is 108 Å². The Morgan fingerprint density at radius 3 is 1.45 bits per heavy atom. The van der Waals surface area contributed by atoms with Crippen molar-refractivity contribution in [2.75, 3.05) is 13.2 Å². The summed E-state index contributed by atoms with van der Waals surface area (Å²) < 4.78 is 12.0. The van der Waals surface area contributed by atoms with Crippen molar-refractivity contribution in [1.82, 2.24) is 0 Å². The van der Waals surface area contributed by atoms with Crippen molar-refractivity contribution in [2.24, 2.45) is 10.2 Å². The van der Waals surface area contributed by atoms with Crippen LogP contribution in [0.1, 0.15) is 142 Å². The van der Waals surface area contributed by atoms with Gasteiger partial charge < -0.3 is 9.47 Å². The summed E-state index contributed by atoms with van der Waals surface area (Å²) in [4.78, 5) is 0. The lowest BCUT2D eigenvalue weighted by Gasteiger charge is -2.11. The van der Waals surface area contributed by atoms with Gasteiger partial charge in [0.15, 0.2) is 0 Å². The quantitative estimate of drug-likeness (QED) is 0.0911. The molecule has 0 radical (unpaired) electrons. The molecule has 2 rings (SSSR count). The van der Waals surface area contributed by atoms with E-state index >= 15 is 0 Å². The molecular weight excluding hydrogens is 492 g/mol. The largest absolute Gasteiger partial charge is 0.494 e. The molecule has 0 aliphatic heterocycles. The lowest BCUT2D eigenvalue weighted by atomic mass is 10.1. The Hall–Kier alpha value is -2.36. The molecule has 0 saturated heterocycles. The molecule has 224 valence electrons. The molecule has 0 aromatic heterocycles. The first-order valence-electron chi connectivity index (χ1n) is 16.7. The highest BCUT2D eigenvalue weighted by atomic mass is 16.5. The molecule has 40 heavy (non-hydrogen) atoms. The van der Waals surface area contributed by atoms with Crippen molar-refractivity contribution in [3.05, 3.63) is 48.0 Å². The molecule has 0 aliphatic carbocycles. The third-order valence-corrected chi connectivity index (χ3v) is 7.56. The average Bonchev–Trinajstić information content (AvgIpc) is 2.99. The van der Waals surface area contributed by atoms with E-state index in [2.05, 4.69) is 37.1 Å². The normalized spacial score (nSPS) is 11.4. The van der Waals surface area contributed by atoms with Crippen LogP contribution in [0.3, 0.4) is 0 Å². The van der Waals surface area contributed by atoms with Crippen molar-refractivity contribution < 1.29 is 9.47 Å². The van der Waals surface area contributed by atoms with Gasteiger partial charge in [-0.05, 0) is 67.3 Å². The second-order valence-electron chi connectivity index (χ2n) is 11.2. The third kappa shape index (κ3) is 16.0. The summed E-state index contributed by atoms with van der Waals surface area (Å²) >= 11 is 0. The first-order valence-corrected chi connectivity index (χ1v) is 16.7. The first kappa shape index (κ1) is 33.8. The van der Waals surface area contributed by atoms with Gasteiger partial charge in [-0.2, -0.15) is 10.2 Å². The number of unbranched alkanes of at least 4 members (excludes halogenated alkanes) is 16. The van der Waals surface area contributed by atoms with E-state index < -0.39 is 0 Å². The van der Waals surface area contributed by atoms with E-state index in [0.29, 0.717) is 0 Å². The third-order valence-electron chi connectivity index (χ3n) is 7.56. The molecule has 0 bridgehead atoms. The minimum Gasteiger partial charge on any atom is -0.494 e. The molecule has 0 fully saturated rings. The van der Waals surface area contributed by atoms with Crippen LogP contribution in [0.25, 0.3) is 0 Å². The maximum atomic E-state index is 6.11. The molecule has 0 amide bonds. The Kier molecular flexibility index (Phi) is 19.8. The average molecular weight is 551 g/mol. The molecule has 4 nitrogen and oxygen atoms in total. The Bertz CT molecular complexity index is 894. The summed E-state index contributed by atoms with van der Waals surface area (Å²) in [6, 6.07) is 14.1. The number of aryl methyl sites for hydroxylation is 1. The molecule has 0 unspecified atom stereocenters. The van der Waals surface area contributed by atoms with E-state index in [1.54, 1.807) is 0 Å². The highest BCUT2D eigenvalue weighted by Gasteiger charge is 2.04. The molecular formula is C36H58N2O2. The van der Waals surface area contributed by atoms with Gasteiger partial charge >= 0.3 is 0 Å². The van der Waals surface area contributed by atoms with Crippen LogP contribution in [-0.2, 0) is 6.42 Å². The van der Waals surface area contributed by atoms with Crippen LogP contribution < -0.4 is 9.47 Å². The van der Waals surface area contributed by atoms with Crippen molar-refractivity contribution in [2.45, 2.75) is 143 Å². The van der Waals surface area contributed by atoms with Gasteiger partial charge in [-0.3, -0.25) is 0 Å². The summed E-state index contributed by atoms with van der Waals surface area (Å²) in [6.07, 6.45) is 24.8. The summed E-state index contributed by atoms with van der Waals surface area (Å²) in [5.74, 6) is 1.88. The minimum absolute atomic E-state index is 0.782. The Morgan fingerprint density at radius 2 is 0.925 bits per heavy atom. The molecule has 4 heteroatoms. The smallest absolute Gasteiger partial charge is 0.122 e. The Morgan fingerprint density at radius 1 is 0.475 bits per heavy atom. The fraction of sp³-hybridized carbons (Fsp3) is 0.667. The predicted molar refractivity (Wildman–Crippen MR) is 172 cm³/mol. The number of azo groups is 1. The van der Waals surface area contributed by atoms with Crippen LogP contribution in [0.2, 0.25) is 0 Å². The van der Waals surface area contributed by atoms with E-state index in [4.69, 9.17) is 9.47 Å². The van der Waals surface area contributed by atoms with Gasteiger partial charge in [0.25, 0.3) is 0 Å². The van der Waals surface area contributed by atoms with E-state index in [9.17, 15) is 0 Å². The van der Waals surface area contributed by atoms with Crippen molar-refractivity contribution in [3.63, 3.8) is 0 Å². The SMILES string of the molecule is CCCCCCCCCCCOc1ccc(N=Nc2ccc(OCCCCCCCCCCC)c(CC)c2)cc1. The summed E-state index contributed by atoms with van der Waals surface area (Å²) in [5, 5.41) is 8.90. The fourth-order valence-electron chi connectivity index (χ4n) is 4.97. The van der Waals surface area contributed by atoms with Crippen LogP contribution in [0, 0.1) is 0 Å². The molecule has 0 saturated carbocycles. The second kappa shape index (κ2) is 23.4. The van der Waals surface area contributed by atoms with Gasteiger partial charge in [0, 0.05) is 0 Å². The van der Waals surface area contributed by atoms with Gasteiger partial charge in [0.2, 0.25) is 0 Å². The molecule has 2 aromatic rings. The van der Waals surface area contributed by atoms with Crippen molar-refractivity contribution in [3.8, 4) is 11.5 Å². The summed E-state index contributed by atoms with van der Waals surface area (Å²) in [6.45, 7) is 8.28. The first-order chi connectivity index (χ1) is 19.8. The highest BCUT2D eigenvalue weighted by Crippen LogP contribution is 2.27. The maximum absolute atomic E-state index is 6.11. The summed E-state index contributed by atoms with van der Waals surface area (Å²) in [7, 11) is 0. The zero-order valence-electron chi connectivity index (χ0n) is 26.1. The monoisotopic (exact) mass is 550 g/mol. The molecule has 0 N–H and O–H groups in total. The fourth-order valence-corrected chi connectivity index (χ4v) is 4.97. The lowest BCUT2D eigenvalue weighted by molar-refractivity contribution is 0.301. The van der Waals surface area contributed by atoms with Gasteiger partial charge in [-0.15, -0.1) is 0 Å². The molecule has 0 spiro atoms. The molecule has 0 atom stereocenters. The number of nitrogens with zero attached hydrogens (tertiary/aromatic N) is 2. The molecule has 0 aliphatic rings. The van der Waals surface area contributed by atoms with Crippen LogP contribution in [0.5, 0.6) is 11.5 Å². The van der Waals surface area contributed by atoms with E-state index in [0.717, 1.165) is 55.4 Å². The number of rotatable bonds is 25. The Balaban J connectivity index is 1.63. The Labute approximate surface area is 246 Å².